The van der Waals surface area contributed by atoms with Crippen molar-refractivity contribution in [1.82, 2.24) is 0 Å². The molecule has 0 amide bonds. The van der Waals surface area contributed by atoms with Crippen molar-refractivity contribution in [1.29, 1.82) is 0 Å². The first-order valence-electron chi connectivity index (χ1n) is 7.67. The lowest BCUT2D eigenvalue weighted by Crippen LogP contribution is -2.08. The number of ketones is 1. The standard InChI is InChI=1S/C19H20O4/c1-3-4-13-22-16-11-9-15(10-12-16)19(21)17-7-5-6-8-18(17)23-14(2)20/h5-12H,3-4,13H2,1-2H3. The van der Waals surface area contributed by atoms with E-state index in [-0.39, 0.29) is 11.5 Å². The molecule has 0 atom stereocenters. The molecule has 0 aliphatic rings. The summed E-state index contributed by atoms with van der Waals surface area (Å²) in [6.07, 6.45) is 2.07. The van der Waals surface area contributed by atoms with Crippen LogP contribution >= 0.6 is 0 Å². The van der Waals surface area contributed by atoms with E-state index in [9.17, 15) is 9.59 Å². The Morgan fingerprint density at radius 1 is 1.00 bits per heavy atom. The third-order valence-electron chi connectivity index (χ3n) is 3.27. The fourth-order valence-corrected chi connectivity index (χ4v) is 2.09. The fourth-order valence-electron chi connectivity index (χ4n) is 2.09. The molecule has 4 heteroatoms. The molecule has 0 aromatic heterocycles. The van der Waals surface area contributed by atoms with Gasteiger partial charge in [0, 0.05) is 12.5 Å². The van der Waals surface area contributed by atoms with Gasteiger partial charge in [-0.15, -0.1) is 0 Å². The van der Waals surface area contributed by atoms with E-state index in [1.165, 1.54) is 6.92 Å². The van der Waals surface area contributed by atoms with Gasteiger partial charge in [-0.1, -0.05) is 25.5 Å². The molecular formula is C19H20O4. The number of hydrogen-bond acceptors (Lipinski definition) is 4. The number of unbranched alkanes of at least 4 members (excludes halogenated alkanes) is 1. The maximum absolute atomic E-state index is 12.6. The summed E-state index contributed by atoms with van der Waals surface area (Å²) >= 11 is 0. The van der Waals surface area contributed by atoms with Gasteiger partial charge in [-0.05, 0) is 42.8 Å². The lowest BCUT2D eigenvalue weighted by atomic mass is 10.0. The Morgan fingerprint density at radius 2 is 1.70 bits per heavy atom. The minimum Gasteiger partial charge on any atom is -0.494 e. The molecule has 0 N–H and O–H groups in total. The maximum Gasteiger partial charge on any atom is 0.308 e. The van der Waals surface area contributed by atoms with Crippen LogP contribution in [0, 0.1) is 0 Å². The average Bonchev–Trinajstić information content (AvgIpc) is 2.55. The second-order valence-corrected chi connectivity index (χ2v) is 5.15. The normalized spacial score (nSPS) is 10.2. The number of ether oxygens (including phenoxy) is 2. The van der Waals surface area contributed by atoms with Crippen molar-refractivity contribution >= 4 is 11.8 Å². The largest absolute Gasteiger partial charge is 0.494 e. The van der Waals surface area contributed by atoms with E-state index >= 15 is 0 Å². The Morgan fingerprint density at radius 3 is 2.35 bits per heavy atom. The van der Waals surface area contributed by atoms with E-state index in [0.29, 0.717) is 17.7 Å². The number of benzene rings is 2. The SMILES string of the molecule is CCCCOc1ccc(C(=O)c2ccccc2OC(C)=O)cc1. The molecule has 0 saturated carbocycles. The predicted octanol–water partition coefficient (Wildman–Crippen LogP) is 4.02. The lowest BCUT2D eigenvalue weighted by molar-refractivity contribution is -0.131. The van der Waals surface area contributed by atoms with Crippen LogP contribution in [0.4, 0.5) is 0 Å². The molecule has 2 aromatic carbocycles. The Labute approximate surface area is 136 Å². The van der Waals surface area contributed by atoms with E-state index in [2.05, 4.69) is 6.92 Å². The number of rotatable bonds is 7. The Balaban J connectivity index is 2.16. The van der Waals surface area contributed by atoms with Crippen molar-refractivity contribution in [3.8, 4) is 11.5 Å². The molecule has 0 spiro atoms. The zero-order valence-corrected chi connectivity index (χ0v) is 13.4. The van der Waals surface area contributed by atoms with Crippen LogP contribution in [-0.2, 0) is 4.79 Å². The van der Waals surface area contributed by atoms with Crippen molar-refractivity contribution < 1.29 is 19.1 Å². The number of esters is 1. The van der Waals surface area contributed by atoms with E-state index in [1.54, 1.807) is 48.5 Å². The Kier molecular flexibility index (Phi) is 5.92. The first kappa shape index (κ1) is 16.7. The Bertz CT molecular complexity index is 674. The topological polar surface area (TPSA) is 52.6 Å². The van der Waals surface area contributed by atoms with Crippen LogP contribution < -0.4 is 9.47 Å². The highest BCUT2D eigenvalue weighted by Crippen LogP contribution is 2.23. The number of hydrogen-bond donors (Lipinski definition) is 0. The fraction of sp³-hybridized carbons (Fsp3) is 0.263. The molecule has 0 aliphatic heterocycles. The summed E-state index contributed by atoms with van der Waals surface area (Å²) in [5.41, 5.74) is 0.884. The number of carbonyl (C=O) groups is 2. The molecule has 4 nitrogen and oxygen atoms in total. The van der Waals surface area contributed by atoms with Crippen LogP contribution in [0.2, 0.25) is 0 Å². The summed E-state index contributed by atoms with van der Waals surface area (Å²) in [5, 5.41) is 0. The van der Waals surface area contributed by atoms with Gasteiger partial charge in [0.15, 0.2) is 5.78 Å². The molecular weight excluding hydrogens is 292 g/mol. The van der Waals surface area contributed by atoms with Gasteiger partial charge in [0.2, 0.25) is 0 Å². The van der Waals surface area contributed by atoms with Gasteiger partial charge in [-0.2, -0.15) is 0 Å². The van der Waals surface area contributed by atoms with Crippen LogP contribution in [0.15, 0.2) is 48.5 Å². The predicted molar refractivity (Wildman–Crippen MR) is 88.0 cm³/mol. The van der Waals surface area contributed by atoms with E-state index < -0.39 is 5.97 Å². The van der Waals surface area contributed by atoms with Crippen LogP contribution in [0.25, 0.3) is 0 Å². The van der Waals surface area contributed by atoms with Crippen LogP contribution in [0.1, 0.15) is 42.6 Å². The molecule has 23 heavy (non-hydrogen) atoms. The van der Waals surface area contributed by atoms with Crippen molar-refractivity contribution in [2.75, 3.05) is 6.61 Å². The highest BCUT2D eigenvalue weighted by atomic mass is 16.5. The zero-order valence-electron chi connectivity index (χ0n) is 13.4. The van der Waals surface area contributed by atoms with Gasteiger partial charge in [0.1, 0.15) is 11.5 Å². The van der Waals surface area contributed by atoms with Gasteiger partial charge >= 0.3 is 5.97 Å². The molecule has 0 aliphatic carbocycles. The molecule has 120 valence electrons. The van der Waals surface area contributed by atoms with Crippen LogP contribution in [0.3, 0.4) is 0 Å². The maximum atomic E-state index is 12.6. The van der Waals surface area contributed by atoms with Gasteiger partial charge < -0.3 is 9.47 Å². The van der Waals surface area contributed by atoms with E-state index in [0.717, 1.165) is 18.6 Å². The molecule has 2 rings (SSSR count). The highest BCUT2D eigenvalue weighted by molar-refractivity contribution is 6.11. The molecule has 0 radical (unpaired) electrons. The monoisotopic (exact) mass is 312 g/mol. The van der Waals surface area contributed by atoms with Gasteiger partial charge in [-0.25, -0.2) is 0 Å². The molecule has 0 fully saturated rings. The first-order valence-corrected chi connectivity index (χ1v) is 7.67. The smallest absolute Gasteiger partial charge is 0.308 e. The minimum atomic E-state index is -0.454. The van der Waals surface area contributed by atoms with Gasteiger partial charge in [0.05, 0.1) is 12.2 Å². The quantitative estimate of drug-likeness (QED) is 0.335. The van der Waals surface area contributed by atoms with Crippen molar-refractivity contribution in [2.24, 2.45) is 0 Å². The molecule has 0 bridgehead atoms. The van der Waals surface area contributed by atoms with E-state index in [4.69, 9.17) is 9.47 Å². The van der Waals surface area contributed by atoms with Crippen LogP contribution in [-0.4, -0.2) is 18.4 Å². The van der Waals surface area contributed by atoms with Crippen molar-refractivity contribution in [3.05, 3.63) is 59.7 Å². The summed E-state index contributed by atoms with van der Waals surface area (Å²) in [4.78, 5) is 23.7. The second kappa shape index (κ2) is 8.13. The highest BCUT2D eigenvalue weighted by Gasteiger charge is 2.15. The zero-order chi connectivity index (χ0) is 16.7. The third kappa shape index (κ3) is 4.68. The molecule has 2 aromatic rings. The number of carbonyl (C=O) groups excluding carboxylic acids is 2. The van der Waals surface area contributed by atoms with Crippen molar-refractivity contribution in [2.45, 2.75) is 26.7 Å². The van der Waals surface area contributed by atoms with E-state index in [1.807, 2.05) is 0 Å². The van der Waals surface area contributed by atoms with Gasteiger partial charge in [-0.3, -0.25) is 9.59 Å². The molecule has 0 saturated heterocycles. The average molecular weight is 312 g/mol. The second-order valence-electron chi connectivity index (χ2n) is 5.15. The molecule has 0 unspecified atom stereocenters. The van der Waals surface area contributed by atoms with Gasteiger partial charge in [0.25, 0.3) is 0 Å². The summed E-state index contributed by atoms with van der Waals surface area (Å²) in [5.74, 6) is 0.364. The summed E-state index contributed by atoms with van der Waals surface area (Å²) in [6, 6.07) is 13.7. The minimum absolute atomic E-state index is 0.193. The first-order chi connectivity index (χ1) is 11.1. The van der Waals surface area contributed by atoms with Crippen molar-refractivity contribution in [3.63, 3.8) is 0 Å². The molecule has 0 heterocycles. The Hall–Kier alpha value is -2.62. The lowest BCUT2D eigenvalue weighted by Gasteiger charge is -2.09. The van der Waals surface area contributed by atoms with Crippen LogP contribution in [0.5, 0.6) is 11.5 Å². The summed E-state index contributed by atoms with van der Waals surface area (Å²) in [6.45, 7) is 4.08. The third-order valence-corrected chi connectivity index (χ3v) is 3.27. The summed E-state index contributed by atoms with van der Waals surface area (Å²) < 4.78 is 10.7. The number of para-hydroxylation sites is 1. The summed E-state index contributed by atoms with van der Waals surface area (Å²) in [7, 11) is 0.